The summed E-state index contributed by atoms with van der Waals surface area (Å²) < 4.78 is 18.6. The number of hydrogen-bond acceptors (Lipinski definition) is 5. The van der Waals surface area contributed by atoms with Gasteiger partial charge in [0.05, 0.1) is 12.0 Å². The third-order valence-corrected chi connectivity index (χ3v) is 5.56. The standard InChI is InChI=1S/C23H25FN4O2/c1-15-5-3-7-20(13-15)25-22(29)16(2)28-12-4-6-18(14-28)23-26-21(27-30-23)17-8-10-19(24)11-9-17/h3,5,7-11,13,16,18H,4,6,12,14H2,1-2H3,(H,25,29). The number of rotatable bonds is 5. The van der Waals surface area contributed by atoms with Crippen molar-refractivity contribution in [1.29, 1.82) is 0 Å². The number of piperidine rings is 1. The van der Waals surface area contributed by atoms with Crippen LogP contribution in [0, 0.1) is 12.7 Å². The maximum atomic E-state index is 13.1. The van der Waals surface area contributed by atoms with Crippen molar-refractivity contribution in [3.05, 3.63) is 65.8 Å². The molecule has 4 rings (SSSR count). The van der Waals surface area contributed by atoms with Gasteiger partial charge in [0.25, 0.3) is 0 Å². The van der Waals surface area contributed by atoms with Gasteiger partial charge in [0.2, 0.25) is 17.6 Å². The average molecular weight is 408 g/mol. The summed E-state index contributed by atoms with van der Waals surface area (Å²) in [6.45, 7) is 5.44. The summed E-state index contributed by atoms with van der Waals surface area (Å²) in [5.74, 6) is 0.745. The molecule has 3 aromatic rings. The van der Waals surface area contributed by atoms with Crippen LogP contribution in [0.15, 0.2) is 53.1 Å². The van der Waals surface area contributed by atoms with E-state index in [0.717, 1.165) is 30.6 Å². The van der Waals surface area contributed by atoms with Gasteiger partial charge >= 0.3 is 0 Å². The summed E-state index contributed by atoms with van der Waals surface area (Å²) in [6.07, 6.45) is 1.87. The molecule has 1 N–H and O–H groups in total. The van der Waals surface area contributed by atoms with Crippen molar-refractivity contribution in [2.24, 2.45) is 0 Å². The van der Waals surface area contributed by atoms with Gasteiger partial charge in [-0.2, -0.15) is 4.98 Å². The SMILES string of the molecule is Cc1cccc(NC(=O)C(C)N2CCCC(c3nc(-c4ccc(F)cc4)no3)C2)c1. The van der Waals surface area contributed by atoms with Crippen molar-refractivity contribution in [2.75, 3.05) is 18.4 Å². The summed E-state index contributed by atoms with van der Waals surface area (Å²) >= 11 is 0. The molecular weight excluding hydrogens is 383 g/mol. The molecule has 156 valence electrons. The van der Waals surface area contributed by atoms with E-state index < -0.39 is 0 Å². The molecule has 1 saturated heterocycles. The lowest BCUT2D eigenvalue weighted by atomic mass is 9.96. The number of aromatic nitrogens is 2. The number of aryl methyl sites for hydroxylation is 1. The Bertz CT molecular complexity index is 1020. The molecule has 0 saturated carbocycles. The van der Waals surface area contributed by atoms with Crippen molar-refractivity contribution in [1.82, 2.24) is 15.0 Å². The van der Waals surface area contributed by atoms with E-state index in [1.807, 2.05) is 38.1 Å². The van der Waals surface area contributed by atoms with Gasteiger partial charge in [-0.15, -0.1) is 0 Å². The second-order valence-electron chi connectivity index (χ2n) is 7.83. The third-order valence-electron chi connectivity index (χ3n) is 5.56. The van der Waals surface area contributed by atoms with E-state index >= 15 is 0 Å². The fraction of sp³-hybridized carbons (Fsp3) is 0.348. The van der Waals surface area contributed by atoms with Crippen LogP contribution < -0.4 is 5.32 Å². The van der Waals surface area contributed by atoms with Gasteiger partial charge in [0.1, 0.15) is 5.82 Å². The summed E-state index contributed by atoms with van der Waals surface area (Å²) in [5, 5.41) is 7.06. The normalized spacial score (nSPS) is 18.2. The fourth-order valence-corrected chi connectivity index (χ4v) is 3.81. The molecule has 6 nitrogen and oxygen atoms in total. The van der Waals surface area contributed by atoms with E-state index in [2.05, 4.69) is 20.4 Å². The van der Waals surface area contributed by atoms with E-state index in [-0.39, 0.29) is 23.7 Å². The first-order valence-corrected chi connectivity index (χ1v) is 10.2. The molecule has 2 aromatic carbocycles. The predicted molar refractivity (Wildman–Crippen MR) is 113 cm³/mol. The lowest BCUT2D eigenvalue weighted by molar-refractivity contribution is -0.121. The van der Waals surface area contributed by atoms with Gasteiger partial charge in [0.15, 0.2) is 0 Å². The second kappa shape index (κ2) is 8.75. The zero-order valence-corrected chi connectivity index (χ0v) is 17.1. The van der Waals surface area contributed by atoms with Gasteiger partial charge < -0.3 is 9.84 Å². The molecule has 30 heavy (non-hydrogen) atoms. The zero-order valence-electron chi connectivity index (χ0n) is 17.1. The Balaban J connectivity index is 1.41. The minimum absolute atomic E-state index is 0.0289. The number of anilines is 1. The molecule has 2 unspecified atom stereocenters. The highest BCUT2D eigenvalue weighted by Crippen LogP contribution is 2.29. The van der Waals surface area contributed by atoms with E-state index in [0.29, 0.717) is 23.8 Å². The minimum Gasteiger partial charge on any atom is -0.339 e. The molecule has 1 fully saturated rings. The highest BCUT2D eigenvalue weighted by molar-refractivity contribution is 5.94. The van der Waals surface area contributed by atoms with Crippen molar-refractivity contribution in [3.8, 4) is 11.4 Å². The van der Waals surface area contributed by atoms with Gasteiger partial charge in [-0.1, -0.05) is 17.3 Å². The van der Waals surface area contributed by atoms with Crippen molar-refractivity contribution >= 4 is 11.6 Å². The average Bonchev–Trinajstić information content (AvgIpc) is 3.24. The zero-order chi connectivity index (χ0) is 21.1. The van der Waals surface area contributed by atoms with Crippen LogP contribution in [-0.2, 0) is 4.79 Å². The van der Waals surface area contributed by atoms with Crippen LogP contribution in [0.5, 0.6) is 0 Å². The summed E-state index contributed by atoms with van der Waals surface area (Å²) in [6, 6.07) is 13.5. The topological polar surface area (TPSA) is 71.3 Å². The quantitative estimate of drug-likeness (QED) is 0.678. The van der Waals surface area contributed by atoms with Crippen LogP contribution in [-0.4, -0.2) is 40.1 Å². The van der Waals surface area contributed by atoms with E-state index in [1.54, 1.807) is 12.1 Å². The number of amides is 1. The van der Waals surface area contributed by atoms with Crippen LogP contribution in [0.25, 0.3) is 11.4 Å². The molecule has 0 radical (unpaired) electrons. The van der Waals surface area contributed by atoms with E-state index in [9.17, 15) is 9.18 Å². The Morgan fingerprint density at radius 1 is 1.27 bits per heavy atom. The largest absolute Gasteiger partial charge is 0.339 e. The second-order valence-corrected chi connectivity index (χ2v) is 7.83. The molecule has 0 spiro atoms. The molecule has 0 aliphatic carbocycles. The lowest BCUT2D eigenvalue weighted by Gasteiger charge is -2.34. The van der Waals surface area contributed by atoms with E-state index in [4.69, 9.17) is 4.52 Å². The molecule has 1 aromatic heterocycles. The number of nitrogens with one attached hydrogen (secondary N) is 1. The Labute approximate surface area is 175 Å². The number of carbonyl (C=O) groups is 1. The molecular formula is C23H25FN4O2. The molecule has 2 atom stereocenters. The van der Waals surface area contributed by atoms with Crippen LogP contribution in [0.2, 0.25) is 0 Å². The Morgan fingerprint density at radius 2 is 2.07 bits per heavy atom. The summed E-state index contributed by atoms with van der Waals surface area (Å²) in [5.41, 5.74) is 2.62. The molecule has 1 aliphatic rings. The van der Waals surface area contributed by atoms with E-state index in [1.165, 1.54) is 12.1 Å². The third kappa shape index (κ3) is 4.57. The van der Waals surface area contributed by atoms with Crippen molar-refractivity contribution in [2.45, 2.75) is 38.6 Å². The van der Waals surface area contributed by atoms with Gasteiger partial charge in [-0.25, -0.2) is 4.39 Å². The number of likely N-dealkylation sites (tertiary alicyclic amines) is 1. The molecule has 1 aliphatic heterocycles. The van der Waals surface area contributed by atoms with Crippen LogP contribution in [0.1, 0.15) is 37.1 Å². The molecule has 7 heteroatoms. The van der Waals surface area contributed by atoms with Gasteiger partial charge in [-0.3, -0.25) is 9.69 Å². The molecule has 0 bridgehead atoms. The summed E-state index contributed by atoms with van der Waals surface area (Å²) in [7, 11) is 0. The lowest BCUT2D eigenvalue weighted by Crippen LogP contribution is -2.46. The fourth-order valence-electron chi connectivity index (χ4n) is 3.81. The first-order chi connectivity index (χ1) is 14.5. The van der Waals surface area contributed by atoms with Crippen LogP contribution >= 0.6 is 0 Å². The number of halogens is 1. The maximum absolute atomic E-state index is 13.1. The predicted octanol–water partition coefficient (Wildman–Crippen LogP) is 4.39. The highest BCUT2D eigenvalue weighted by atomic mass is 19.1. The first kappa shape index (κ1) is 20.2. The van der Waals surface area contributed by atoms with Crippen molar-refractivity contribution in [3.63, 3.8) is 0 Å². The van der Waals surface area contributed by atoms with Crippen LogP contribution in [0.3, 0.4) is 0 Å². The first-order valence-electron chi connectivity index (χ1n) is 10.2. The Kier molecular flexibility index (Phi) is 5.90. The molecule has 2 heterocycles. The van der Waals surface area contributed by atoms with Gasteiger partial charge in [-0.05, 0) is 75.2 Å². The number of nitrogens with zero attached hydrogens (tertiary/aromatic N) is 3. The number of carbonyl (C=O) groups excluding carboxylic acids is 1. The number of hydrogen-bond donors (Lipinski definition) is 1. The number of benzene rings is 2. The monoisotopic (exact) mass is 408 g/mol. The highest BCUT2D eigenvalue weighted by Gasteiger charge is 2.31. The maximum Gasteiger partial charge on any atom is 0.241 e. The van der Waals surface area contributed by atoms with Gasteiger partial charge in [0, 0.05) is 17.8 Å². The smallest absolute Gasteiger partial charge is 0.241 e. The van der Waals surface area contributed by atoms with Crippen LogP contribution in [0.4, 0.5) is 10.1 Å². The summed E-state index contributed by atoms with van der Waals surface area (Å²) in [4.78, 5) is 19.4. The van der Waals surface area contributed by atoms with Crippen molar-refractivity contribution < 1.29 is 13.7 Å². The molecule has 1 amide bonds. The Morgan fingerprint density at radius 3 is 2.83 bits per heavy atom. The Hall–Kier alpha value is -3.06. The minimum atomic E-state index is -0.302.